The molecule has 1 aromatic rings. The van der Waals surface area contributed by atoms with E-state index in [4.69, 9.17) is 5.11 Å². The predicted molar refractivity (Wildman–Crippen MR) is 65.1 cm³/mol. The van der Waals surface area contributed by atoms with E-state index in [1.54, 1.807) is 6.92 Å². The van der Waals surface area contributed by atoms with E-state index in [1.165, 1.54) is 18.4 Å². The second kappa shape index (κ2) is 5.43. The minimum atomic E-state index is -3.26. The van der Waals surface area contributed by atoms with Crippen LogP contribution in [0.3, 0.4) is 0 Å². The van der Waals surface area contributed by atoms with Crippen LogP contribution in [0.2, 0.25) is 0 Å². The third-order valence-electron chi connectivity index (χ3n) is 1.96. The topological polar surface area (TPSA) is 108 Å². The number of carbonyl (C=O) groups is 1. The number of carboxylic acid groups (broad SMARTS) is 1. The van der Waals surface area contributed by atoms with Crippen molar-refractivity contribution in [3.63, 3.8) is 0 Å². The normalized spacial score (nSPS) is 11.4. The zero-order valence-corrected chi connectivity index (χ0v) is 11.0. The van der Waals surface area contributed by atoms with Crippen molar-refractivity contribution < 1.29 is 18.3 Å². The molecule has 0 saturated heterocycles. The monoisotopic (exact) mass is 279 g/mol. The molecular formula is C8H13N3O4S2. The van der Waals surface area contributed by atoms with E-state index in [9.17, 15) is 13.2 Å². The van der Waals surface area contributed by atoms with Crippen LogP contribution in [0.1, 0.15) is 15.4 Å². The van der Waals surface area contributed by atoms with Crippen LogP contribution in [0.4, 0.5) is 5.13 Å². The third kappa shape index (κ3) is 3.95. The minimum absolute atomic E-state index is 0.00558. The SMILES string of the molecule is CNS(=O)(=O)CCNc1nc(C(=O)O)c(C)s1. The summed E-state index contributed by atoms with van der Waals surface area (Å²) in [6.07, 6.45) is 0. The van der Waals surface area contributed by atoms with Crippen LogP contribution < -0.4 is 10.0 Å². The zero-order valence-electron chi connectivity index (χ0n) is 9.35. The first kappa shape index (κ1) is 13.9. The Balaban J connectivity index is 2.59. The molecule has 3 N–H and O–H groups in total. The Labute approximate surface area is 103 Å². The van der Waals surface area contributed by atoms with E-state index >= 15 is 0 Å². The molecule has 0 saturated carbocycles. The molecule has 1 aromatic heterocycles. The Kier molecular flexibility index (Phi) is 4.43. The Morgan fingerprint density at radius 2 is 2.18 bits per heavy atom. The maximum Gasteiger partial charge on any atom is 0.355 e. The Morgan fingerprint density at radius 3 is 2.65 bits per heavy atom. The highest BCUT2D eigenvalue weighted by atomic mass is 32.2. The number of aromatic nitrogens is 1. The number of aryl methyl sites for hydroxylation is 1. The lowest BCUT2D eigenvalue weighted by Crippen LogP contribution is -2.26. The first-order valence-electron chi connectivity index (χ1n) is 4.71. The maximum absolute atomic E-state index is 11.1. The fourth-order valence-electron chi connectivity index (χ4n) is 1.06. The Bertz CT molecular complexity index is 509. The summed E-state index contributed by atoms with van der Waals surface area (Å²) in [5, 5.41) is 12.0. The van der Waals surface area contributed by atoms with E-state index in [0.29, 0.717) is 10.0 Å². The second-order valence-electron chi connectivity index (χ2n) is 3.18. The van der Waals surface area contributed by atoms with E-state index in [1.807, 2.05) is 0 Å². The van der Waals surface area contributed by atoms with Gasteiger partial charge in [0, 0.05) is 11.4 Å². The molecule has 0 aliphatic heterocycles. The summed E-state index contributed by atoms with van der Waals surface area (Å²) in [7, 11) is -1.92. The smallest absolute Gasteiger partial charge is 0.355 e. The van der Waals surface area contributed by atoms with Crippen molar-refractivity contribution in [1.29, 1.82) is 0 Å². The average molecular weight is 279 g/mol. The molecule has 17 heavy (non-hydrogen) atoms. The standard InChI is InChI=1S/C8H13N3O4S2/c1-5-6(7(12)13)11-8(16-5)10-3-4-17(14,15)9-2/h9H,3-4H2,1-2H3,(H,10,11)(H,12,13). The van der Waals surface area contributed by atoms with E-state index in [-0.39, 0.29) is 18.0 Å². The highest BCUT2D eigenvalue weighted by molar-refractivity contribution is 7.89. The van der Waals surface area contributed by atoms with Gasteiger partial charge in [-0.15, -0.1) is 11.3 Å². The van der Waals surface area contributed by atoms with Crippen LogP contribution in [0.25, 0.3) is 0 Å². The van der Waals surface area contributed by atoms with Gasteiger partial charge in [-0.2, -0.15) is 0 Å². The molecule has 0 bridgehead atoms. The van der Waals surface area contributed by atoms with Crippen molar-refractivity contribution in [2.75, 3.05) is 24.7 Å². The molecule has 0 spiro atoms. The predicted octanol–water partition coefficient (Wildman–Crippen LogP) is 0.111. The number of sulfonamides is 1. The van der Waals surface area contributed by atoms with Crippen molar-refractivity contribution >= 4 is 32.5 Å². The summed E-state index contributed by atoms with van der Waals surface area (Å²) in [6.45, 7) is 1.83. The number of nitrogens with one attached hydrogen (secondary N) is 2. The molecule has 1 rings (SSSR count). The molecule has 0 aliphatic carbocycles. The second-order valence-corrected chi connectivity index (χ2v) is 6.43. The van der Waals surface area contributed by atoms with E-state index in [2.05, 4.69) is 15.0 Å². The summed E-state index contributed by atoms with van der Waals surface area (Å²) in [5.74, 6) is -1.18. The molecule has 0 aromatic carbocycles. The van der Waals surface area contributed by atoms with Gasteiger partial charge in [0.1, 0.15) is 0 Å². The fourth-order valence-corrected chi connectivity index (χ4v) is 2.47. The quantitative estimate of drug-likeness (QED) is 0.682. The highest BCUT2D eigenvalue weighted by Gasteiger charge is 2.14. The minimum Gasteiger partial charge on any atom is -0.476 e. The fraction of sp³-hybridized carbons (Fsp3) is 0.500. The molecule has 0 amide bonds. The lowest BCUT2D eigenvalue weighted by atomic mass is 10.4. The summed E-state index contributed by atoms with van der Waals surface area (Å²) in [5.41, 5.74) is -0.00558. The van der Waals surface area contributed by atoms with Crippen molar-refractivity contribution in [1.82, 2.24) is 9.71 Å². The molecule has 1 heterocycles. The van der Waals surface area contributed by atoms with E-state index in [0.717, 1.165) is 0 Å². The van der Waals surface area contributed by atoms with Crippen LogP contribution in [-0.4, -0.2) is 43.8 Å². The van der Waals surface area contributed by atoms with Crippen molar-refractivity contribution in [2.45, 2.75) is 6.92 Å². The molecule has 7 nitrogen and oxygen atoms in total. The van der Waals surface area contributed by atoms with Gasteiger partial charge in [0.05, 0.1) is 5.75 Å². The van der Waals surface area contributed by atoms with Gasteiger partial charge in [-0.1, -0.05) is 0 Å². The van der Waals surface area contributed by atoms with Gasteiger partial charge in [-0.25, -0.2) is 22.9 Å². The van der Waals surface area contributed by atoms with Crippen molar-refractivity contribution in [3.8, 4) is 0 Å². The number of carboxylic acids is 1. The van der Waals surface area contributed by atoms with Gasteiger partial charge < -0.3 is 10.4 Å². The van der Waals surface area contributed by atoms with Gasteiger partial charge in [0.15, 0.2) is 10.8 Å². The van der Waals surface area contributed by atoms with Crippen molar-refractivity contribution in [3.05, 3.63) is 10.6 Å². The van der Waals surface area contributed by atoms with Crippen LogP contribution in [0, 0.1) is 6.92 Å². The number of rotatable bonds is 6. The third-order valence-corrected chi connectivity index (χ3v) is 4.25. The zero-order chi connectivity index (χ0) is 13.1. The number of hydrogen-bond donors (Lipinski definition) is 3. The molecule has 0 aliphatic rings. The van der Waals surface area contributed by atoms with Gasteiger partial charge in [0.2, 0.25) is 10.0 Å². The summed E-state index contributed by atoms with van der Waals surface area (Å²) in [4.78, 5) is 15.2. The summed E-state index contributed by atoms with van der Waals surface area (Å²) in [6, 6.07) is 0. The first-order valence-corrected chi connectivity index (χ1v) is 7.18. The van der Waals surface area contributed by atoms with Crippen LogP contribution >= 0.6 is 11.3 Å². The van der Waals surface area contributed by atoms with Crippen LogP contribution in [0.5, 0.6) is 0 Å². The largest absolute Gasteiger partial charge is 0.476 e. The number of aromatic carboxylic acids is 1. The van der Waals surface area contributed by atoms with Gasteiger partial charge in [-0.3, -0.25) is 0 Å². The summed E-state index contributed by atoms with van der Waals surface area (Å²) >= 11 is 1.18. The number of anilines is 1. The lowest BCUT2D eigenvalue weighted by molar-refractivity contribution is 0.0690. The molecule has 0 radical (unpaired) electrons. The van der Waals surface area contributed by atoms with Gasteiger partial charge in [-0.05, 0) is 14.0 Å². The van der Waals surface area contributed by atoms with Gasteiger partial charge in [0.25, 0.3) is 0 Å². The van der Waals surface area contributed by atoms with Crippen LogP contribution in [-0.2, 0) is 10.0 Å². The molecular weight excluding hydrogens is 266 g/mol. The molecule has 9 heteroatoms. The van der Waals surface area contributed by atoms with Gasteiger partial charge >= 0.3 is 5.97 Å². The molecule has 96 valence electrons. The maximum atomic E-state index is 11.1. The average Bonchev–Trinajstić information content (AvgIpc) is 2.59. The Morgan fingerprint density at radius 1 is 1.53 bits per heavy atom. The number of thiazole rings is 1. The number of nitrogens with zero attached hydrogens (tertiary/aromatic N) is 1. The van der Waals surface area contributed by atoms with Crippen LogP contribution in [0.15, 0.2) is 0 Å². The first-order chi connectivity index (χ1) is 7.85. The highest BCUT2D eigenvalue weighted by Crippen LogP contribution is 2.21. The lowest BCUT2D eigenvalue weighted by Gasteiger charge is -2.02. The summed E-state index contributed by atoms with van der Waals surface area (Å²) < 4.78 is 24.4. The van der Waals surface area contributed by atoms with E-state index < -0.39 is 16.0 Å². The molecule has 0 atom stereocenters. The number of hydrogen-bond acceptors (Lipinski definition) is 6. The molecule has 0 unspecified atom stereocenters. The Hall–Kier alpha value is -1.19. The molecule has 0 fully saturated rings. The van der Waals surface area contributed by atoms with Crippen molar-refractivity contribution in [2.24, 2.45) is 0 Å².